The van der Waals surface area contributed by atoms with Gasteiger partial charge in [0.1, 0.15) is 11.4 Å². The van der Waals surface area contributed by atoms with Gasteiger partial charge >= 0.3 is 6.09 Å². The fraction of sp³-hybridized carbons (Fsp3) is 0.667. The number of nitrogens with one attached hydrogen (secondary N) is 1. The van der Waals surface area contributed by atoms with Gasteiger partial charge in [-0.25, -0.2) is 4.79 Å². The van der Waals surface area contributed by atoms with E-state index in [1.807, 2.05) is 44.9 Å². The van der Waals surface area contributed by atoms with Crippen LogP contribution in [0.3, 0.4) is 0 Å². The normalized spacial score (nSPS) is 17.4. The van der Waals surface area contributed by atoms with Gasteiger partial charge in [-0.15, -0.1) is 24.0 Å². The third-order valence-electron chi connectivity index (χ3n) is 5.81. The third kappa shape index (κ3) is 8.01. The topological polar surface area (TPSA) is 66.4 Å². The summed E-state index contributed by atoms with van der Waals surface area (Å²) in [6.45, 7) is 9.07. The molecular formula is C24H39IN4O3. The van der Waals surface area contributed by atoms with Crippen molar-refractivity contribution in [3.63, 3.8) is 0 Å². The second kappa shape index (κ2) is 12.0. The highest BCUT2D eigenvalue weighted by molar-refractivity contribution is 14.0. The minimum absolute atomic E-state index is 0. The van der Waals surface area contributed by atoms with Gasteiger partial charge in [0.15, 0.2) is 5.96 Å². The molecule has 0 radical (unpaired) electrons. The second-order valence-corrected chi connectivity index (χ2v) is 9.54. The van der Waals surface area contributed by atoms with Crippen LogP contribution in [0, 0.1) is 5.92 Å². The van der Waals surface area contributed by atoms with Crippen LogP contribution in [0.1, 0.15) is 52.0 Å². The molecule has 1 aliphatic heterocycles. The number of aliphatic imine (C=N–C) groups is 1. The Balaban J connectivity index is 0.00000363. The largest absolute Gasteiger partial charge is 0.497 e. The number of amides is 1. The molecular weight excluding hydrogens is 519 g/mol. The fourth-order valence-corrected chi connectivity index (χ4v) is 3.92. The first-order chi connectivity index (χ1) is 14.8. The molecule has 2 fully saturated rings. The first-order valence-electron chi connectivity index (χ1n) is 11.4. The van der Waals surface area contributed by atoms with Crippen LogP contribution in [-0.4, -0.2) is 67.3 Å². The van der Waals surface area contributed by atoms with Gasteiger partial charge in [0.05, 0.1) is 7.11 Å². The predicted molar refractivity (Wildman–Crippen MR) is 139 cm³/mol. The monoisotopic (exact) mass is 558 g/mol. The Morgan fingerprint density at radius 1 is 1.16 bits per heavy atom. The minimum Gasteiger partial charge on any atom is -0.497 e. The second-order valence-electron chi connectivity index (χ2n) is 9.54. The summed E-state index contributed by atoms with van der Waals surface area (Å²) in [7, 11) is 3.50. The number of piperidine rings is 1. The maximum atomic E-state index is 12.8. The van der Waals surface area contributed by atoms with E-state index in [1.165, 1.54) is 18.4 Å². The maximum absolute atomic E-state index is 12.8. The number of carbonyl (C=O) groups excluding carboxylic acids is 1. The number of rotatable bonds is 6. The van der Waals surface area contributed by atoms with Crippen molar-refractivity contribution in [2.24, 2.45) is 10.9 Å². The van der Waals surface area contributed by atoms with Gasteiger partial charge < -0.3 is 24.6 Å². The lowest BCUT2D eigenvalue weighted by Crippen LogP contribution is -2.52. The summed E-state index contributed by atoms with van der Waals surface area (Å²) in [6.07, 6.45) is 4.13. The zero-order chi connectivity index (χ0) is 22.4. The standard InChI is InChI=1S/C24H38N4O3.HI/c1-24(2,3)31-23(29)28(17-19-6-7-19)20-12-14-27(15-13-20)22(25-4)26-16-18-8-10-21(30-5)11-9-18;/h8-11,19-20H,6-7,12-17H2,1-5H3,(H,25,26);1H. The minimum atomic E-state index is -0.465. The molecule has 1 N–H and O–H groups in total. The number of hydrogen-bond donors (Lipinski definition) is 1. The highest BCUT2D eigenvalue weighted by Crippen LogP contribution is 2.32. The number of benzene rings is 1. The molecule has 0 aromatic heterocycles. The third-order valence-corrected chi connectivity index (χ3v) is 5.81. The molecule has 32 heavy (non-hydrogen) atoms. The Labute approximate surface area is 209 Å². The lowest BCUT2D eigenvalue weighted by Gasteiger charge is -2.40. The van der Waals surface area contributed by atoms with Crippen molar-refractivity contribution in [2.75, 3.05) is 33.8 Å². The van der Waals surface area contributed by atoms with Crippen molar-refractivity contribution in [1.29, 1.82) is 0 Å². The maximum Gasteiger partial charge on any atom is 0.410 e. The van der Waals surface area contributed by atoms with Crippen LogP contribution in [0.2, 0.25) is 0 Å². The zero-order valence-corrected chi connectivity index (χ0v) is 22.4. The van der Waals surface area contributed by atoms with Crippen molar-refractivity contribution in [1.82, 2.24) is 15.1 Å². The van der Waals surface area contributed by atoms with Gasteiger partial charge in [0.25, 0.3) is 0 Å². The molecule has 0 unspecified atom stereocenters. The molecule has 1 aliphatic carbocycles. The Hall–Kier alpha value is -1.71. The van der Waals surface area contributed by atoms with Crippen LogP contribution in [0.5, 0.6) is 5.75 Å². The number of guanidine groups is 1. The fourth-order valence-electron chi connectivity index (χ4n) is 3.92. The van der Waals surface area contributed by atoms with Crippen LogP contribution < -0.4 is 10.1 Å². The van der Waals surface area contributed by atoms with E-state index in [9.17, 15) is 4.79 Å². The number of hydrogen-bond acceptors (Lipinski definition) is 4. The Morgan fingerprint density at radius 2 is 1.78 bits per heavy atom. The van der Waals surface area contributed by atoms with E-state index >= 15 is 0 Å². The van der Waals surface area contributed by atoms with Crippen LogP contribution >= 0.6 is 24.0 Å². The van der Waals surface area contributed by atoms with Gasteiger partial charge in [-0.3, -0.25) is 4.99 Å². The van der Waals surface area contributed by atoms with Crippen molar-refractivity contribution in [3.05, 3.63) is 29.8 Å². The van der Waals surface area contributed by atoms with Crippen LogP contribution in [0.4, 0.5) is 4.79 Å². The average molecular weight is 559 g/mol. The number of ether oxygens (including phenoxy) is 2. The molecule has 1 heterocycles. The molecule has 0 spiro atoms. The highest BCUT2D eigenvalue weighted by Gasteiger charge is 2.35. The van der Waals surface area contributed by atoms with Gasteiger partial charge in [0.2, 0.25) is 0 Å². The Bertz CT molecular complexity index is 752. The molecule has 7 nitrogen and oxygen atoms in total. The van der Waals surface area contributed by atoms with Gasteiger partial charge in [-0.05, 0) is 70.1 Å². The van der Waals surface area contributed by atoms with Crippen molar-refractivity contribution >= 4 is 36.0 Å². The Kier molecular flexibility index (Phi) is 9.91. The van der Waals surface area contributed by atoms with Crippen LogP contribution in [-0.2, 0) is 11.3 Å². The van der Waals surface area contributed by atoms with E-state index < -0.39 is 5.60 Å². The average Bonchev–Trinajstić information content (AvgIpc) is 3.56. The molecule has 1 aromatic carbocycles. The van der Waals surface area contributed by atoms with Crippen molar-refractivity contribution in [2.45, 2.75) is 64.6 Å². The van der Waals surface area contributed by atoms with Crippen molar-refractivity contribution in [3.8, 4) is 5.75 Å². The van der Waals surface area contributed by atoms with Crippen LogP contribution in [0.15, 0.2) is 29.3 Å². The molecule has 1 saturated heterocycles. The summed E-state index contributed by atoms with van der Waals surface area (Å²) in [4.78, 5) is 21.6. The molecule has 180 valence electrons. The first kappa shape index (κ1) is 26.5. The summed E-state index contributed by atoms with van der Waals surface area (Å²) >= 11 is 0. The van der Waals surface area contributed by atoms with Gasteiger partial charge in [0, 0.05) is 39.3 Å². The lowest BCUT2D eigenvalue weighted by atomic mass is 10.0. The SMILES string of the molecule is CN=C(NCc1ccc(OC)cc1)N1CCC(N(CC2CC2)C(=O)OC(C)(C)C)CC1.I. The molecule has 0 bridgehead atoms. The highest BCUT2D eigenvalue weighted by atomic mass is 127. The van der Waals surface area contributed by atoms with E-state index in [0.717, 1.165) is 44.2 Å². The summed E-state index contributed by atoms with van der Waals surface area (Å²) in [5.41, 5.74) is 0.713. The molecule has 1 amide bonds. The summed E-state index contributed by atoms with van der Waals surface area (Å²) in [5, 5.41) is 3.46. The first-order valence-corrected chi connectivity index (χ1v) is 11.4. The van der Waals surface area contributed by atoms with Crippen molar-refractivity contribution < 1.29 is 14.3 Å². The van der Waals surface area contributed by atoms with Gasteiger partial charge in [-0.1, -0.05) is 12.1 Å². The lowest BCUT2D eigenvalue weighted by molar-refractivity contribution is 0.00928. The van der Waals surface area contributed by atoms with E-state index in [-0.39, 0.29) is 36.1 Å². The number of carbonyl (C=O) groups is 1. The number of methoxy groups -OCH3 is 1. The predicted octanol–water partition coefficient (Wildman–Crippen LogP) is 4.50. The van der Waals surface area contributed by atoms with E-state index in [0.29, 0.717) is 12.5 Å². The summed E-state index contributed by atoms with van der Waals surface area (Å²) in [6, 6.07) is 8.28. The summed E-state index contributed by atoms with van der Waals surface area (Å²) in [5.74, 6) is 2.40. The number of nitrogens with zero attached hydrogens (tertiary/aromatic N) is 3. The molecule has 1 saturated carbocycles. The Morgan fingerprint density at radius 3 is 2.28 bits per heavy atom. The number of likely N-dealkylation sites (tertiary alicyclic amines) is 1. The van der Waals surface area contributed by atoms with E-state index in [1.54, 1.807) is 7.11 Å². The summed E-state index contributed by atoms with van der Waals surface area (Å²) < 4.78 is 10.9. The molecule has 2 aliphatic rings. The van der Waals surface area contributed by atoms with Crippen LogP contribution in [0.25, 0.3) is 0 Å². The molecule has 0 atom stereocenters. The van der Waals surface area contributed by atoms with E-state index in [2.05, 4.69) is 27.3 Å². The zero-order valence-electron chi connectivity index (χ0n) is 20.1. The molecule has 1 aromatic rings. The quantitative estimate of drug-likeness (QED) is 0.317. The smallest absolute Gasteiger partial charge is 0.410 e. The molecule has 3 rings (SSSR count). The van der Waals surface area contributed by atoms with Gasteiger partial charge in [-0.2, -0.15) is 0 Å². The van der Waals surface area contributed by atoms with E-state index in [4.69, 9.17) is 9.47 Å². The molecule has 8 heteroatoms. The number of halogens is 1.